The van der Waals surface area contributed by atoms with E-state index in [4.69, 9.17) is 11.6 Å². The van der Waals surface area contributed by atoms with Crippen LogP contribution in [0.4, 0.5) is 0 Å². The molecule has 0 fully saturated rings. The number of nitrogens with zero attached hydrogens (tertiary/aromatic N) is 3. The fourth-order valence-corrected chi connectivity index (χ4v) is 3.57. The molecule has 138 valence electrons. The van der Waals surface area contributed by atoms with Crippen LogP contribution in [-0.4, -0.2) is 35.0 Å². The number of nitrogens with one attached hydrogen (secondary N) is 1. The first kappa shape index (κ1) is 19.1. The van der Waals surface area contributed by atoms with Crippen LogP contribution >= 0.6 is 11.6 Å². The molecule has 27 heavy (non-hydrogen) atoms. The van der Waals surface area contributed by atoms with Gasteiger partial charge < -0.3 is 0 Å². The van der Waals surface area contributed by atoms with Crippen LogP contribution in [0.2, 0.25) is 5.28 Å². The maximum atomic E-state index is 12.5. The molecule has 0 bridgehead atoms. The van der Waals surface area contributed by atoms with Gasteiger partial charge in [-0.1, -0.05) is 18.2 Å². The molecular weight excluding hydrogens is 388 g/mol. The summed E-state index contributed by atoms with van der Waals surface area (Å²) < 4.78 is 25.1. The van der Waals surface area contributed by atoms with Crippen LogP contribution < -0.4 is 5.32 Å². The molecule has 7 nitrogen and oxygen atoms in total. The minimum Gasteiger partial charge on any atom is -0.299 e. The second-order valence-corrected chi connectivity index (χ2v) is 7.97. The fraction of sp³-hybridized carbons (Fsp3) is 0.111. The number of sulfone groups is 1. The summed E-state index contributed by atoms with van der Waals surface area (Å²) in [5.41, 5.74) is 1.33. The molecule has 9 heteroatoms. The van der Waals surface area contributed by atoms with Crippen molar-refractivity contribution in [3.8, 4) is 0 Å². The van der Waals surface area contributed by atoms with E-state index in [1.54, 1.807) is 24.5 Å². The molecular formula is C18H15ClN4O3S. The molecule has 3 rings (SSSR count). The number of hydrogen-bond acceptors (Lipinski definition) is 7. The highest BCUT2D eigenvalue weighted by atomic mass is 35.5. The van der Waals surface area contributed by atoms with Gasteiger partial charge in [-0.3, -0.25) is 15.1 Å². The quantitative estimate of drug-likeness (QED) is 0.477. The van der Waals surface area contributed by atoms with Gasteiger partial charge in [0.25, 0.3) is 0 Å². The van der Waals surface area contributed by atoms with Crippen molar-refractivity contribution < 1.29 is 13.2 Å². The zero-order chi connectivity index (χ0) is 19.3. The third-order valence-corrected chi connectivity index (χ3v) is 5.43. The summed E-state index contributed by atoms with van der Waals surface area (Å²) in [5.74, 6) is -0.643. The Morgan fingerprint density at radius 3 is 2.52 bits per heavy atom. The number of aromatic nitrogens is 3. The van der Waals surface area contributed by atoms with E-state index in [-0.39, 0.29) is 33.0 Å². The van der Waals surface area contributed by atoms with Crippen molar-refractivity contribution in [2.45, 2.75) is 11.4 Å². The molecule has 1 aromatic carbocycles. The molecule has 3 aromatic rings. The first-order chi connectivity index (χ1) is 13.0. The van der Waals surface area contributed by atoms with E-state index in [0.717, 1.165) is 5.56 Å². The largest absolute Gasteiger partial charge is 0.299 e. The van der Waals surface area contributed by atoms with Crippen molar-refractivity contribution in [3.63, 3.8) is 0 Å². The van der Waals surface area contributed by atoms with Crippen molar-refractivity contribution in [2.75, 3.05) is 5.88 Å². The van der Waals surface area contributed by atoms with Gasteiger partial charge in [0, 0.05) is 36.9 Å². The molecule has 0 radical (unpaired) electrons. The first-order valence-corrected chi connectivity index (χ1v) is 9.93. The second kappa shape index (κ2) is 8.34. The van der Waals surface area contributed by atoms with E-state index in [0.29, 0.717) is 6.54 Å². The minimum absolute atomic E-state index is 0.0302. The lowest BCUT2D eigenvalue weighted by Gasteiger charge is -2.08. The van der Waals surface area contributed by atoms with E-state index in [2.05, 4.69) is 20.3 Å². The average molecular weight is 403 g/mol. The smallest absolute Gasteiger partial charge is 0.222 e. The Hall–Kier alpha value is -2.68. The summed E-state index contributed by atoms with van der Waals surface area (Å²) in [5, 5.41) is 2.91. The molecule has 0 aliphatic heterocycles. The predicted molar refractivity (Wildman–Crippen MR) is 100 cm³/mol. The monoisotopic (exact) mass is 402 g/mol. The van der Waals surface area contributed by atoms with Crippen molar-refractivity contribution in [3.05, 3.63) is 83.2 Å². The molecule has 0 amide bonds. The van der Waals surface area contributed by atoms with E-state index >= 15 is 0 Å². The standard InChI is InChI=1S/C18H15ClN4O3S/c19-18-22-10-15(11-23-18)17(24)14-4-1-5-16(7-14)27(25,26)12-21-9-13-3-2-6-20-8-13/h1-8,10-11,21H,9,12H2. The van der Waals surface area contributed by atoms with Gasteiger partial charge in [-0.15, -0.1) is 0 Å². The summed E-state index contributed by atoms with van der Waals surface area (Å²) in [6.45, 7) is 0.369. The van der Waals surface area contributed by atoms with Gasteiger partial charge in [0.1, 0.15) is 5.88 Å². The molecule has 2 heterocycles. The Morgan fingerprint density at radius 1 is 1.04 bits per heavy atom. The van der Waals surface area contributed by atoms with Crippen molar-refractivity contribution >= 4 is 27.2 Å². The Balaban J connectivity index is 1.73. The van der Waals surface area contributed by atoms with Crippen LogP contribution in [0.25, 0.3) is 0 Å². The summed E-state index contributed by atoms with van der Waals surface area (Å²) in [7, 11) is -3.61. The Morgan fingerprint density at radius 2 is 1.81 bits per heavy atom. The van der Waals surface area contributed by atoms with Gasteiger partial charge in [-0.05, 0) is 35.4 Å². The molecule has 0 aliphatic rings. The van der Waals surface area contributed by atoms with Gasteiger partial charge in [0.2, 0.25) is 5.28 Å². The molecule has 0 spiro atoms. The maximum absolute atomic E-state index is 12.5. The van der Waals surface area contributed by atoms with Gasteiger partial charge in [-0.2, -0.15) is 0 Å². The first-order valence-electron chi connectivity index (χ1n) is 7.90. The lowest BCUT2D eigenvalue weighted by atomic mass is 10.1. The summed E-state index contributed by atoms with van der Waals surface area (Å²) in [6, 6.07) is 9.49. The Labute approximate surface area is 161 Å². The third kappa shape index (κ3) is 4.94. The van der Waals surface area contributed by atoms with Crippen molar-refractivity contribution in [1.29, 1.82) is 0 Å². The molecule has 2 aromatic heterocycles. The number of pyridine rings is 1. The van der Waals surface area contributed by atoms with Crippen molar-refractivity contribution in [2.24, 2.45) is 0 Å². The SMILES string of the molecule is O=C(c1cnc(Cl)nc1)c1cccc(S(=O)(=O)CNCc2cccnc2)c1. The maximum Gasteiger partial charge on any atom is 0.222 e. The van der Waals surface area contributed by atoms with Crippen LogP contribution in [0.1, 0.15) is 21.5 Å². The van der Waals surface area contributed by atoms with E-state index in [1.807, 2.05) is 6.07 Å². The van der Waals surface area contributed by atoms with Crippen LogP contribution in [-0.2, 0) is 16.4 Å². The van der Waals surface area contributed by atoms with E-state index in [1.165, 1.54) is 30.6 Å². The number of benzene rings is 1. The van der Waals surface area contributed by atoms with Gasteiger partial charge in [-0.25, -0.2) is 18.4 Å². The third-order valence-electron chi connectivity index (χ3n) is 3.68. The average Bonchev–Trinajstić information content (AvgIpc) is 2.69. The van der Waals surface area contributed by atoms with Gasteiger partial charge >= 0.3 is 0 Å². The topological polar surface area (TPSA) is 102 Å². The molecule has 0 saturated carbocycles. The van der Waals surface area contributed by atoms with Gasteiger partial charge in [0.15, 0.2) is 15.6 Å². The lowest BCUT2D eigenvalue weighted by Crippen LogP contribution is -2.23. The summed E-state index contributed by atoms with van der Waals surface area (Å²) in [4.78, 5) is 24.1. The van der Waals surface area contributed by atoms with Crippen LogP contribution in [0.15, 0.2) is 66.1 Å². The Bertz CT molecular complexity index is 1040. The highest BCUT2D eigenvalue weighted by Crippen LogP contribution is 2.16. The lowest BCUT2D eigenvalue weighted by molar-refractivity contribution is 0.103. The fourth-order valence-electron chi connectivity index (χ4n) is 2.34. The van der Waals surface area contributed by atoms with Crippen LogP contribution in [0.3, 0.4) is 0 Å². The summed E-state index contributed by atoms with van der Waals surface area (Å²) in [6.07, 6.45) is 5.91. The predicted octanol–water partition coefficient (Wildman–Crippen LogP) is 2.28. The Kier molecular flexibility index (Phi) is 5.90. The molecule has 0 saturated heterocycles. The molecule has 0 aliphatic carbocycles. The van der Waals surface area contributed by atoms with E-state index in [9.17, 15) is 13.2 Å². The molecule has 0 atom stereocenters. The summed E-state index contributed by atoms with van der Waals surface area (Å²) >= 11 is 5.62. The molecule has 0 unspecified atom stereocenters. The van der Waals surface area contributed by atoms with Crippen molar-refractivity contribution in [1.82, 2.24) is 20.3 Å². The zero-order valence-corrected chi connectivity index (χ0v) is 15.6. The molecule has 1 N–H and O–H groups in total. The normalized spacial score (nSPS) is 11.3. The van der Waals surface area contributed by atoms with E-state index < -0.39 is 9.84 Å². The number of carbonyl (C=O) groups is 1. The number of hydrogen-bond donors (Lipinski definition) is 1. The number of carbonyl (C=O) groups excluding carboxylic acids is 1. The number of rotatable bonds is 7. The van der Waals surface area contributed by atoms with Crippen LogP contribution in [0.5, 0.6) is 0 Å². The zero-order valence-electron chi connectivity index (χ0n) is 14.0. The van der Waals surface area contributed by atoms with Gasteiger partial charge in [0.05, 0.1) is 10.5 Å². The number of ketones is 1. The number of halogens is 1. The minimum atomic E-state index is -3.61. The van der Waals surface area contributed by atoms with Crippen LogP contribution in [0, 0.1) is 0 Å². The highest BCUT2D eigenvalue weighted by molar-refractivity contribution is 7.91. The second-order valence-electron chi connectivity index (χ2n) is 5.64. The highest BCUT2D eigenvalue weighted by Gasteiger charge is 2.17.